The zero-order valence-corrected chi connectivity index (χ0v) is 9.29. The third kappa shape index (κ3) is 6.73. The number of guanidine groups is 1. The first-order valence-electron chi connectivity index (χ1n) is 4.98. The summed E-state index contributed by atoms with van der Waals surface area (Å²) in [4.78, 5) is 14.4. The van der Waals surface area contributed by atoms with Crippen LogP contribution in [0.1, 0.15) is 19.3 Å². The summed E-state index contributed by atoms with van der Waals surface area (Å²) in [5.41, 5.74) is 5.42. The molecule has 0 aliphatic rings. The molecule has 0 fully saturated rings. The molecule has 0 aliphatic carbocycles. The van der Waals surface area contributed by atoms with Gasteiger partial charge in [0.05, 0.1) is 0 Å². The van der Waals surface area contributed by atoms with E-state index in [1.165, 1.54) is 0 Å². The molecule has 0 aromatic carbocycles. The van der Waals surface area contributed by atoms with Gasteiger partial charge < -0.3 is 21.5 Å². The topological polar surface area (TPSA) is 99.7 Å². The van der Waals surface area contributed by atoms with E-state index in [2.05, 4.69) is 15.6 Å². The second-order valence-corrected chi connectivity index (χ2v) is 3.21. The van der Waals surface area contributed by atoms with Gasteiger partial charge in [-0.25, -0.2) is 0 Å². The fourth-order valence-corrected chi connectivity index (χ4v) is 1.16. The molecule has 0 aliphatic heterocycles. The molecule has 15 heavy (non-hydrogen) atoms. The van der Waals surface area contributed by atoms with Crippen LogP contribution >= 0.6 is 0 Å². The molecule has 0 amide bonds. The lowest BCUT2D eigenvalue weighted by molar-refractivity contribution is -0.139. The van der Waals surface area contributed by atoms with Gasteiger partial charge in [-0.05, 0) is 26.3 Å². The lowest BCUT2D eigenvalue weighted by Crippen LogP contribution is -2.34. The van der Waals surface area contributed by atoms with Crippen molar-refractivity contribution in [2.75, 3.05) is 20.6 Å². The van der Waals surface area contributed by atoms with Gasteiger partial charge in [0, 0.05) is 13.6 Å². The van der Waals surface area contributed by atoms with E-state index in [1.807, 2.05) is 0 Å². The predicted octanol–water partition coefficient (Wildman–Crippen LogP) is -0.637. The minimum atomic E-state index is -0.805. The Morgan fingerprint density at radius 3 is 2.67 bits per heavy atom. The van der Waals surface area contributed by atoms with Crippen LogP contribution in [0.5, 0.6) is 0 Å². The first kappa shape index (κ1) is 13.7. The summed E-state index contributed by atoms with van der Waals surface area (Å²) in [5, 5.41) is 14.4. The van der Waals surface area contributed by atoms with Gasteiger partial charge in [0.2, 0.25) is 0 Å². The Bertz CT molecular complexity index is 218. The Kier molecular flexibility index (Phi) is 7.35. The standard InChI is InChI=1S/C9H20N4O2/c1-11-7(8(14)15)5-3-4-6-13-9(10)12-2/h7,11H,3-6H2,1-2H3,(H,14,15)(H3,10,12,13)/t7-/m0/s1. The van der Waals surface area contributed by atoms with E-state index in [0.29, 0.717) is 12.4 Å². The summed E-state index contributed by atoms with van der Waals surface area (Å²) in [6.45, 7) is 0.721. The van der Waals surface area contributed by atoms with Crippen molar-refractivity contribution in [3.63, 3.8) is 0 Å². The van der Waals surface area contributed by atoms with E-state index in [0.717, 1.165) is 19.4 Å². The number of aliphatic imine (C=N–C) groups is 1. The first-order chi connectivity index (χ1) is 7.11. The number of carboxylic acid groups (broad SMARTS) is 1. The van der Waals surface area contributed by atoms with Crippen LogP contribution in [-0.4, -0.2) is 43.7 Å². The van der Waals surface area contributed by atoms with Crippen molar-refractivity contribution in [2.45, 2.75) is 25.3 Å². The number of unbranched alkanes of at least 4 members (excludes halogenated alkanes) is 1. The molecular weight excluding hydrogens is 196 g/mol. The number of aliphatic carboxylic acids is 1. The van der Waals surface area contributed by atoms with E-state index >= 15 is 0 Å². The van der Waals surface area contributed by atoms with Gasteiger partial charge in [0.15, 0.2) is 5.96 Å². The molecule has 0 radical (unpaired) electrons. The van der Waals surface area contributed by atoms with Crippen molar-refractivity contribution in [2.24, 2.45) is 10.7 Å². The maximum atomic E-state index is 10.6. The average Bonchev–Trinajstić information content (AvgIpc) is 2.22. The number of nitrogens with one attached hydrogen (secondary N) is 2. The van der Waals surface area contributed by atoms with Crippen LogP contribution in [0.15, 0.2) is 4.99 Å². The number of likely N-dealkylation sites (N-methyl/N-ethyl adjacent to an activating group) is 1. The number of hydrogen-bond acceptors (Lipinski definition) is 3. The van der Waals surface area contributed by atoms with E-state index < -0.39 is 12.0 Å². The third-order valence-corrected chi connectivity index (χ3v) is 2.11. The fraction of sp³-hybridized carbons (Fsp3) is 0.778. The lowest BCUT2D eigenvalue weighted by atomic mass is 10.1. The van der Waals surface area contributed by atoms with E-state index in [9.17, 15) is 4.79 Å². The molecule has 0 aromatic heterocycles. The molecule has 88 valence electrons. The number of nitrogens with two attached hydrogens (primary N) is 1. The molecule has 0 spiro atoms. The quantitative estimate of drug-likeness (QED) is 0.258. The summed E-state index contributed by atoms with van der Waals surface area (Å²) in [6.07, 6.45) is 2.33. The van der Waals surface area contributed by atoms with Crippen molar-refractivity contribution >= 4 is 11.9 Å². The number of nitrogens with zero attached hydrogens (tertiary/aromatic N) is 1. The highest BCUT2D eigenvalue weighted by molar-refractivity contribution is 5.77. The highest BCUT2D eigenvalue weighted by Gasteiger charge is 2.13. The molecule has 5 N–H and O–H groups in total. The van der Waals surface area contributed by atoms with Gasteiger partial charge in [-0.15, -0.1) is 0 Å². The number of hydrogen-bond donors (Lipinski definition) is 4. The SMILES string of the molecule is C/N=C(\N)NCCCC[C@H](NC)C(=O)O. The monoisotopic (exact) mass is 216 g/mol. The van der Waals surface area contributed by atoms with Crippen LogP contribution in [0.3, 0.4) is 0 Å². The Balaban J connectivity index is 3.49. The summed E-state index contributed by atoms with van der Waals surface area (Å²) in [5.74, 6) is -0.390. The van der Waals surface area contributed by atoms with Crippen molar-refractivity contribution in [1.82, 2.24) is 10.6 Å². The van der Waals surface area contributed by atoms with Gasteiger partial charge in [0.1, 0.15) is 6.04 Å². The van der Waals surface area contributed by atoms with Crippen molar-refractivity contribution < 1.29 is 9.90 Å². The third-order valence-electron chi connectivity index (χ3n) is 2.11. The van der Waals surface area contributed by atoms with Crippen LogP contribution in [0.25, 0.3) is 0 Å². The second kappa shape index (κ2) is 8.05. The van der Waals surface area contributed by atoms with Gasteiger partial charge >= 0.3 is 5.97 Å². The maximum absolute atomic E-state index is 10.6. The van der Waals surface area contributed by atoms with Gasteiger partial charge in [-0.3, -0.25) is 9.79 Å². The van der Waals surface area contributed by atoms with Crippen molar-refractivity contribution in [3.8, 4) is 0 Å². The highest BCUT2D eigenvalue weighted by atomic mass is 16.4. The minimum Gasteiger partial charge on any atom is -0.480 e. The van der Waals surface area contributed by atoms with Crippen molar-refractivity contribution in [3.05, 3.63) is 0 Å². The number of carbonyl (C=O) groups is 1. The predicted molar refractivity (Wildman–Crippen MR) is 59.9 cm³/mol. The van der Waals surface area contributed by atoms with Crippen LogP contribution in [0.4, 0.5) is 0 Å². The van der Waals surface area contributed by atoms with Gasteiger partial charge in [-0.2, -0.15) is 0 Å². The molecule has 6 heteroatoms. The normalized spacial score (nSPS) is 13.6. The van der Waals surface area contributed by atoms with Gasteiger partial charge in [0.25, 0.3) is 0 Å². The van der Waals surface area contributed by atoms with Crippen LogP contribution in [0.2, 0.25) is 0 Å². The van der Waals surface area contributed by atoms with Gasteiger partial charge in [-0.1, -0.05) is 0 Å². The molecule has 0 saturated carbocycles. The molecule has 0 rings (SSSR count). The van der Waals surface area contributed by atoms with Crippen molar-refractivity contribution in [1.29, 1.82) is 0 Å². The zero-order valence-electron chi connectivity index (χ0n) is 9.29. The molecular formula is C9H20N4O2. The Morgan fingerprint density at radius 2 is 2.20 bits per heavy atom. The highest BCUT2D eigenvalue weighted by Crippen LogP contribution is 1.99. The van der Waals surface area contributed by atoms with E-state index in [-0.39, 0.29) is 0 Å². The zero-order chi connectivity index (χ0) is 11.7. The summed E-state index contributed by atoms with van der Waals surface area (Å²) in [7, 11) is 3.27. The Labute approximate surface area is 89.9 Å². The molecule has 1 atom stereocenters. The summed E-state index contributed by atoms with van der Waals surface area (Å²) < 4.78 is 0. The van der Waals surface area contributed by atoms with Crippen LogP contribution in [-0.2, 0) is 4.79 Å². The van der Waals surface area contributed by atoms with E-state index in [4.69, 9.17) is 10.8 Å². The molecule has 6 nitrogen and oxygen atoms in total. The molecule has 0 saturated heterocycles. The average molecular weight is 216 g/mol. The Morgan fingerprint density at radius 1 is 1.53 bits per heavy atom. The van der Waals surface area contributed by atoms with Crippen LogP contribution < -0.4 is 16.4 Å². The maximum Gasteiger partial charge on any atom is 0.320 e. The molecule has 0 unspecified atom stereocenters. The Hall–Kier alpha value is -1.30. The second-order valence-electron chi connectivity index (χ2n) is 3.21. The molecule has 0 aromatic rings. The minimum absolute atomic E-state index is 0.415. The number of rotatable bonds is 7. The molecule has 0 bridgehead atoms. The number of carboxylic acids is 1. The smallest absolute Gasteiger partial charge is 0.320 e. The molecule has 0 heterocycles. The summed E-state index contributed by atoms with van der Waals surface area (Å²) >= 11 is 0. The van der Waals surface area contributed by atoms with E-state index in [1.54, 1.807) is 14.1 Å². The fourth-order valence-electron chi connectivity index (χ4n) is 1.16. The summed E-state index contributed by atoms with van der Waals surface area (Å²) in [6, 6.07) is -0.456. The largest absolute Gasteiger partial charge is 0.480 e. The lowest BCUT2D eigenvalue weighted by Gasteiger charge is -2.10. The van der Waals surface area contributed by atoms with Crippen LogP contribution in [0, 0.1) is 0 Å². The first-order valence-corrected chi connectivity index (χ1v) is 4.98.